The third kappa shape index (κ3) is 5.44. The molecule has 5 rings (SSSR count). The molecular weight excluding hydrogens is 521 g/mol. The molecule has 2 unspecified atom stereocenters. The van der Waals surface area contributed by atoms with Crippen LogP contribution in [0.5, 0.6) is 11.5 Å². The number of benzene rings is 3. The van der Waals surface area contributed by atoms with Gasteiger partial charge in [-0.15, -0.1) is 0 Å². The molecule has 0 bridgehead atoms. The summed E-state index contributed by atoms with van der Waals surface area (Å²) in [6.07, 6.45) is -1.87. The molecule has 0 aliphatic carbocycles. The van der Waals surface area contributed by atoms with Gasteiger partial charge in [0.05, 0.1) is 12.5 Å². The summed E-state index contributed by atoms with van der Waals surface area (Å²) in [5.41, 5.74) is 1.87. The van der Waals surface area contributed by atoms with Gasteiger partial charge in [0.1, 0.15) is 5.82 Å². The van der Waals surface area contributed by atoms with Crippen LogP contribution < -0.4 is 14.8 Å². The van der Waals surface area contributed by atoms with Crippen LogP contribution >= 0.6 is 0 Å². The van der Waals surface area contributed by atoms with Crippen LogP contribution in [0.1, 0.15) is 44.3 Å². The molecule has 0 spiro atoms. The Morgan fingerprint density at radius 2 is 1.50 bits per heavy atom. The van der Waals surface area contributed by atoms with Gasteiger partial charge in [-0.3, -0.25) is 19.2 Å². The van der Waals surface area contributed by atoms with Gasteiger partial charge in [-0.05, 0) is 55.0 Å². The lowest BCUT2D eigenvalue weighted by Gasteiger charge is -2.31. The molecule has 3 amide bonds. The molecule has 2 atom stereocenters. The maximum atomic E-state index is 13.8. The summed E-state index contributed by atoms with van der Waals surface area (Å²) >= 11 is 0. The molecule has 10 nitrogen and oxygen atoms in total. The van der Waals surface area contributed by atoms with Gasteiger partial charge in [0.15, 0.2) is 17.7 Å². The quantitative estimate of drug-likeness (QED) is 0.466. The molecule has 2 heterocycles. The van der Waals surface area contributed by atoms with Crippen molar-refractivity contribution in [1.29, 1.82) is 0 Å². The predicted molar refractivity (Wildman–Crippen MR) is 139 cm³/mol. The highest BCUT2D eigenvalue weighted by Crippen LogP contribution is 2.33. The van der Waals surface area contributed by atoms with Gasteiger partial charge in [-0.1, -0.05) is 29.8 Å². The number of aliphatic carboxylic acids is 1. The van der Waals surface area contributed by atoms with Crippen molar-refractivity contribution in [3.8, 4) is 11.5 Å². The van der Waals surface area contributed by atoms with Crippen molar-refractivity contribution in [2.45, 2.75) is 25.6 Å². The molecule has 11 heteroatoms. The molecule has 2 N–H and O–H groups in total. The van der Waals surface area contributed by atoms with Crippen LogP contribution in [0.2, 0.25) is 0 Å². The first-order chi connectivity index (χ1) is 19.2. The Morgan fingerprint density at radius 1 is 0.900 bits per heavy atom. The minimum absolute atomic E-state index is 0.0227. The number of fused-ring (bicyclic) bond motifs is 1. The van der Waals surface area contributed by atoms with Crippen LogP contribution in [0, 0.1) is 12.7 Å². The Labute approximate surface area is 228 Å². The summed E-state index contributed by atoms with van der Waals surface area (Å²) in [7, 11) is 0. The number of carbonyl (C=O) groups is 4. The van der Waals surface area contributed by atoms with Gasteiger partial charge in [0.2, 0.25) is 6.79 Å². The molecule has 0 saturated carbocycles. The monoisotopic (exact) mass is 547 g/mol. The summed E-state index contributed by atoms with van der Waals surface area (Å²) in [4.78, 5) is 55.2. The highest BCUT2D eigenvalue weighted by Gasteiger charge is 2.44. The number of carbonyl (C=O) groups excluding carboxylic acids is 3. The lowest BCUT2D eigenvalue weighted by atomic mass is 10.0. The van der Waals surface area contributed by atoms with E-state index in [9.17, 15) is 28.7 Å². The second-order valence-corrected chi connectivity index (χ2v) is 9.52. The average molecular weight is 548 g/mol. The van der Waals surface area contributed by atoms with Gasteiger partial charge >= 0.3 is 5.97 Å². The Hall–Kier alpha value is -4.93. The van der Waals surface area contributed by atoms with Gasteiger partial charge in [-0.25, -0.2) is 4.39 Å². The topological polar surface area (TPSA) is 125 Å². The van der Waals surface area contributed by atoms with E-state index in [0.29, 0.717) is 22.6 Å². The van der Waals surface area contributed by atoms with Crippen LogP contribution in [0.3, 0.4) is 0 Å². The normalized spacial score (nSPS) is 16.5. The Bertz CT molecular complexity index is 1460. The maximum absolute atomic E-state index is 13.8. The van der Waals surface area contributed by atoms with Crippen LogP contribution in [0.25, 0.3) is 0 Å². The average Bonchev–Trinajstić information content (AvgIpc) is 3.59. The zero-order valence-corrected chi connectivity index (χ0v) is 21.5. The van der Waals surface area contributed by atoms with Crippen LogP contribution in [-0.4, -0.2) is 64.6 Å². The van der Waals surface area contributed by atoms with E-state index in [-0.39, 0.29) is 25.4 Å². The Kier molecular flexibility index (Phi) is 7.37. The number of carboxylic acid groups (broad SMARTS) is 1. The lowest BCUT2D eigenvalue weighted by molar-refractivity contribution is -0.138. The smallest absolute Gasteiger partial charge is 0.305 e. The minimum Gasteiger partial charge on any atom is -0.481 e. The number of halogens is 1. The van der Waals surface area contributed by atoms with E-state index in [1.54, 1.807) is 36.4 Å². The number of carboxylic acids is 1. The fourth-order valence-electron chi connectivity index (χ4n) is 4.76. The number of nitrogens with zero attached hydrogens (tertiary/aromatic N) is 2. The largest absolute Gasteiger partial charge is 0.481 e. The molecule has 40 heavy (non-hydrogen) atoms. The molecular formula is C29H26FN3O7. The Morgan fingerprint density at radius 3 is 2.15 bits per heavy atom. The van der Waals surface area contributed by atoms with E-state index in [1.165, 1.54) is 28.0 Å². The second-order valence-electron chi connectivity index (χ2n) is 9.52. The van der Waals surface area contributed by atoms with Crippen molar-refractivity contribution in [3.05, 3.63) is 94.8 Å². The van der Waals surface area contributed by atoms with Crippen LogP contribution in [0.15, 0.2) is 66.7 Å². The maximum Gasteiger partial charge on any atom is 0.305 e. The number of hydrogen-bond donors (Lipinski definition) is 2. The SMILES string of the molecule is Cc1ccc(C(=O)N2CCN(C(=O)c3ccc4c(c3)OCO4)C2C(=O)NC(CC(=O)O)c2ccc(F)cc2)cc1. The number of amides is 3. The minimum atomic E-state index is -1.37. The third-order valence-electron chi connectivity index (χ3n) is 6.81. The van der Waals surface area contributed by atoms with Crippen molar-refractivity contribution in [3.63, 3.8) is 0 Å². The molecule has 3 aromatic rings. The summed E-state index contributed by atoms with van der Waals surface area (Å²) in [6, 6.07) is 15.5. The molecule has 1 fully saturated rings. The number of hydrogen-bond acceptors (Lipinski definition) is 6. The van der Waals surface area contributed by atoms with Crippen molar-refractivity contribution >= 4 is 23.7 Å². The first-order valence-electron chi connectivity index (χ1n) is 12.6. The summed E-state index contributed by atoms with van der Waals surface area (Å²) < 4.78 is 24.2. The molecule has 0 aromatic heterocycles. The van der Waals surface area contributed by atoms with Crippen molar-refractivity contribution in [2.75, 3.05) is 19.9 Å². The molecule has 2 aliphatic rings. The standard InChI is InChI=1S/C29H26FN3O7/c1-17-2-4-19(5-3-17)28(37)32-12-13-33(29(38)20-8-11-23-24(14-20)40-16-39-23)27(32)26(36)31-22(15-25(34)35)18-6-9-21(30)10-7-18/h2-11,14,22,27H,12-13,15-16H2,1H3,(H,31,36)(H,34,35). The number of rotatable bonds is 7. The highest BCUT2D eigenvalue weighted by molar-refractivity contribution is 6.02. The second kappa shape index (κ2) is 11.0. The summed E-state index contributed by atoms with van der Waals surface area (Å²) in [5, 5.41) is 12.2. The van der Waals surface area contributed by atoms with E-state index in [4.69, 9.17) is 9.47 Å². The lowest BCUT2D eigenvalue weighted by Crippen LogP contribution is -2.54. The molecule has 2 aliphatic heterocycles. The fourth-order valence-corrected chi connectivity index (χ4v) is 4.76. The van der Waals surface area contributed by atoms with Crippen molar-refractivity contribution in [1.82, 2.24) is 15.1 Å². The van der Waals surface area contributed by atoms with Gasteiger partial charge in [0.25, 0.3) is 17.7 Å². The number of nitrogens with one attached hydrogen (secondary N) is 1. The summed E-state index contributed by atoms with van der Waals surface area (Å²) in [6.45, 7) is 2.03. The molecule has 3 aromatic carbocycles. The third-order valence-corrected chi connectivity index (χ3v) is 6.81. The Balaban J connectivity index is 1.47. The van der Waals surface area contributed by atoms with Crippen molar-refractivity contribution < 1.29 is 38.1 Å². The predicted octanol–water partition coefficient (Wildman–Crippen LogP) is 3.12. The van der Waals surface area contributed by atoms with Gasteiger partial charge < -0.3 is 29.7 Å². The molecule has 1 saturated heterocycles. The van der Waals surface area contributed by atoms with E-state index >= 15 is 0 Å². The van der Waals surface area contributed by atoms with E-state index in [2.05, 4.69) is 5.32 Å². The zero-order chi connectivity index (χ0) is 28.4. The van der Waals surface area contributed by atoms with Crippen LogP contribution in [-0.2, 0) is 9.59 Å². The first-order valence-corrected chi connectivity index (χ1v) is 12.6. The molecule has 0 radical (unpaired) electrons. The van der Waals surface area contributed by atoms with Gasteiger partial charge in [-0.2, -0.15) is 0 Å². The van der Waals surface area contributed by atoms with E-state index in [1.807, 2.05) is 6.92 Å². The van der Waals surface area contributed by atoms with Crippen LogP contribution in [0.4, 0.5) is 4.39 Å². The van der Waals surface area contributed by atoms with Gasteiger partial charge in [0, 0.05) is 24.2 Å². The fraction of sp³-hybridized carbons (Fsp3) is 0.241. The summed E-state index contributed by atoms with van der Waals surface area (Å²) in [5.74, 6) is -2.57. The number of ether oxygens (including phenoxy) is 2. The highest BCUT2D eigenvalue weighted by atomic mass is 19.1. The molecule has 206 valence electrons. The van der Waals surface area contributed by atoms with E-state index < -0.39 is 48.1 Å². The first kappa shape index (κ1) is 26.7. The number of aryl methyl sites for hydroxylation is 1. The van der Waals surface area contributed by atoms with Crippen molar-refractivity contribution in [2.24, 2.45) is 0 Å². The van der Waals surface area contributed by atoms with E-state index in [0.717, 1.165) is 17.7 Å². The zero-order valence-electron chi connectivity index (χ0n) is 21.5.